The standard InChI is InChI=1S/C4H6N4O2.ClH/c9-3-5-1-2(7-3)8-4(10)6-1;/h1-2H,(H2,5,7,9)(H2,6,8,10);1H. The molecule has 2 heterocycles. The summed E-state index contributed by atoms with van der Waals surface area (Å²) >= 11 is 0. The third-order valence-electron chi connectivity index (χ3n) is 1.48. The highest BCUT2D eigenvalue weighted by molar-refractivity contribution is 5.85. The van der Waals surface area contributed by atoms with Crippen LogP contribution < -0.4 is 21.3 Å². The molecule has 2 saturated heterocycles. The second-order valence-electron chi connectivity index (χ2n) is 2.19. The fourth-order valence-corrected chi connectivity index (χ4v) is 1.05. The molecule has 0 radical (unpaired) electrons. The molecule has 4 amide bonds. The fraction of sp³-hybridized carbons (Fsp3) is 0.500. The molecule has 2 fully saturated rings. The van der Waals surface area contributed by atoms with Gasteiger partial charge in [0.15, 0.2) is 0 Å². The van der Waals surface area contributed by atoms with Crippen molar-refractivity contribution in [3.63, 3.8) is 0 Å². The second kappa shape index (κ2) is 2.46. The molecule has 0 saturated carbocycles. The summed E-state index contributed by atoms with van der Waals surface area (Å²) in [4.78, 5) is 21.1. The van der Waals surface area contributed by atoms with Gasteiger partial charge in [-0.1, -0.05) is 0 Å². The van der Waals surface area contributed by atoms with Gasteiger partial charge in [-0.2, -0.15) is 0 Å². The Morgan fingerprint density at radius 2 is 1.09 bits per heavy atom. The van der Waals surface area contributed by atoms with Gasteiger partial charge in [0.1, 0.15) is 12.3 Å². The topological polar surface area (TPSA) is 82.3 Å². The Hall–Kier alpha value is -1.17. The van der Waals surface area contributed by atoms with E-state index in [-0.39, 0.29) is 36.8 Å². The van der Waals surface area contributed by atoms with Crippen LogP contribution in [0.4, 0.5) is 9.59 Å². The number of carbonyl (C=O) groups excluding carboxylic acids is 2. The zero-order valence-corrected chi connectivity index (χ0v) is 6.20. The van der Waals surface area contributed by atoms with E-state index in [1.807, 2.05) is 0 Å². The van der Waals surface area contributed by atoms with E-state index in [4.69, 9.17) is 0 Å². The number of carbonyl (C=O) groups is 2. The number of urea groups is 2. The van der Waals surface area contributed by atoms with Crippen molar-refractivity contribution in [2.24, 2.45) is 0 Å². The minimum absolute atomic E-state index is 0. The van der Waals surface area contributed by atoms with Crippen molar-refractivity contribution in [1.82, 2.24) is 21.3 Å². The maximum absolute atomic E-state index is 10.5. The van der Waals surface area contributed by atoms with Crippen molar-refractivity contribution < 1.29 is 9.59 Å². The third kappa shape index (κ3) is 1.16. The van der Waals surface area contributed by atoms with Crippen LogP contribution >= 0.6 is 12.4 Å². The van der Waals surface area contributed by atoms with Crippen molar-refractivity contribution >= 4 is 24.5 Å². The fourth-order valence-electron chi connectivity index (χ4n) is 1.05. The summed E-state index contributed by atoms with van der Waals surface area (Å²) in [7, 11) is 0. The zero-order chi connectivity index (χ0) is 7.14. The van der Waals surface area contributed by atoms with E-state index >= 15 is 0 Å². The number of nitrogens with one attached hydrogen (secondary N) is 4. The maximum Gasteiger partial charge on any atom is 0.318 e. The summed E-state index contributed by atoms with van der Waals surface area (Å²) in [6, 6.07) is -0.523. The first-order chi connectivity index (χ1) is 4.75. The predicted molar refractivity (Wildman–Crippen MR) is 38.2 cm³/mol. The molecule has 7 heteroatoms. The van der Waals surface area contributed by atoms with Crippen molar-refractivity contribution in [3.8, 4) is 0 Å². The van der Waals surface area contributed by atoms with E-state index < -0.39 is 0 Å². The maximum atomic E-state index is 10.5. The molecule has 0 aromatic heterocycles. The smallest absolute Gasteiger partial charge is 0.314 e. The second-order valence-corrected chi connectivity index (χ2v) is 2.19. The highest BCUT2D eigenvalue weighted by Crippen LogP contribution is 2.00. The van der Waals surface area contributed by atoms with Crippen LogP contribution in [0.15, 0.2) is 0 Å². The van der Waals surface area contributed by atoms with Crippen molar-refractivity contribution in [3.05, 3.63) is 0 Å². The number of fused-ring (bicyclic) bond motifs is 1. The molecular weight excluding hydrogens is 172 g/mol. The summed E-state index contributed by atoms with van der Waals surface area (Å²) in [6.07, 6.45) is -0.583. The van der Waals surface area contributed by atoms with Gasteiger partial charge in [0.25, 0.3) is 0 Å². The number of hydrogen-bond donors (Lipinski definition) is 4. The van der Waals surface area contributed by atoms with Crippen LogP contribution in [0, 0.1) is 0 Å². The van der Waals surface area contributed by atoms with Crippen LogP contribution in [0.5, 0.6) is 0 Å². The normalized spacial score (nSPS) is 32.4. The number of amides is 4. The van der Waals surface area contributed by atoms with Crippen LogP contribution in [0.3, 0.4) is 0 Å². The first-order valence-electron chi connectivity index (χ1n) is 2.90. The monoisotopic (exact) mass is 178 g/mol. The van der Waals surface area contributed by atoms with Gasteiger partial charge in [0, 0.05) is 0 Å². The molecule has 11 heavy (non-hydrogen) atoms. The molecule has 2 rings (SSSR count). The predicted octanol–water partition coefficient (Wildman–Crippen LogP) is -1.31. The molecule has 0 atom stereocenters. The van der Waals surface area contributed by atoms with E-state index in [1.54, 1.807) is 0 Å². The van der Waals surface area contributed by atoms with Gasteiger partial charge in [-0.25, -0.2) is 9.59 Å². The number of rotatable bonds is 0. The summed E-state index contributed by atoms with van der Waals surface area (Å²) in [5.74, 6) is 0. The van der Waals surface area contributed by atoms with Crippen LogP contribution in [0.1, 0.15) is 0 Å². The molecule has 62 valence electrons. The van der Waals surface area contributed by atoms with Gasteiger partial charge in [0.2, 0.25) is 0 Å². The van der Waals surface area contributed by atoms with Crippen LogP contribution in [0.25, 0.3) is 0 Å². The van der Waals surface area contributed by atoms with E-state index in [2.05, 4.69) is 21.3 Å². The molecule has 0 unspecified atom stereocenters. The van der Waals surface area contributed by atoms with Crippen LogP contribution in [-0.2, 0) is 0 Å². The summed E-state index contributed by atoms with van der Waals surface area (Å²) in [5, 5.41) is 10.0. The molecule has 6 nitrogen and oxygen atoms in total. The summed E-state index contributed by atoms with van der Waals surface area (Å²) in [6.45, 7) is 0. The lowest BCUT2D eigenvalue weighted by atomic mass is 10.4. The number of hydrogen-bond acceptors (Lipinski definition) is 2. The average molecular weight is 179 g/mol. The SMILES string of the molecule is Cl.O=C1NC2NC(=O)NC2N1. The molecule has 0 bridgehead atoms. The van der Waals surface area contributed by atoms with E-state index in [9.17, 15) is 9.59 Å². The first-order valence-corrected chi connectivity index (χ1v) is 2.90. The molecule has 2 aliphatic rings. The Bertz CT molecular complexity index is 170. The minimum Gasteiger partial charge on any atom is -0.314 e. The highest BCUT2D eigenvalue weighted by Gasteiger charge is 2.38. The van der Waals surface area contributed by atoms with Gasteiger partial charge in [-0.3, -0.25) is 0 Å². The third-order valence-corrected chi connectivity index (χ3v) is 1.48. The van der Waals surface area contributed by atoms with Crippen molar-refractivity contribution in [2.45, 2.75) is 12.3 Å². The van der Waals surface area contributed by atoms with E-state index in [0.717, 1.165) is 0 Å². The Kier molecular flexibility index (Phi) is 1.77. The van der Waals surface area contributed by atoms with Gasteiger partial charge in [-0.05, 0) is 0 Å². The Balaban J connectivity index is 0.000000605. The molecule has 0 aliphatic carbocycles. The quantitative estimate of drug-likeness (QED) is 0.371. The molecule has 0 aromatic rings. The lowest BCUT2D eigenvalue weighted by Gasteiger charge is -2.02. The van der Waals surface area contributed by atoms with Crippen LogP contribution in [-0.4, -0.2) is 24.4 Å². The van der Waals surface area contributed by atoms with Gasteiger partial charge in [0.05, 0.1) is 0 Å². The number of halogens is 1. The van der Waals surface area contributed by atoms with E-state index in [1.165, 1.54) is 0 Å². The highest BCUT2D eigenvalue weighted by atomic mass is 35.5. The van der Waals surface area contributed by atoms with Crippen LogP contribution in [0.2, 0.25) is 0 Å². The van der Waals surface area contributed by atoms with Crippen molar-refractivity contribution in [1.29, 1.82) is 0 Å². The van der Waals surface area contributed by atoms with Gasteiger partial charge >= 0.3 is 12.1 Å². The Labute approximate surface area is 68.5 Å². The Morgan fingerprint density at radius 1 is 0.818 bits per heavy atom. The Morgan fingerprint density at radius 3 is 1.36 bits per heavy atom. The molecule has 2 aliphatic heterocycles. The lowest BCUT2D eigenvalue weighted by molar-refractivity contribution is 0.239. The van der Waals surface area contributed by atoms with Gasteiger partial charge < -0.3 is 21.3 Å². The molecule has 0 spiro atoms. The lowest BCUT2D eigenvalue weighted by Crippen LogP contribution is -2.39. The summed E-state index contributed by atoms with van der Waals surface area (Å²) < 4.78 is 0. The van der Waals surface area contributed by atoms with Crippen molar-refractivity contribution in [2.75, 3.05) is 0 Å². The van der Waals surface area contributed by atoms with E-state index in [0.29, 0.717) is 0 Å². The molecule has 4 N–H and O–H groups in total. The molecular formula is C4H7ClN4O2. The molecule has 0 aromatic carbocycles. The average Bonchev–Trinajstić information content (AvgIpc) is 2.21. The van der Waals surface area contributed by atoms with Gasteiger partial charge in [-0.15, -0.1) is 12.4 Å². The largest absolute Gasteiger partial charge is 0.318 e. The zero-order valence-electron chi connectivity index (χ0n) is 5.38. The minimum atomic E-state index is -0.292. The first kappa shape index (κ1) is 7.93. The summed E-state index contributed by atoms with van der Waals surface area (Å²) in [5.41, 5.74) is 0.